The number of esters is 1. The second kappa shape index (κ2) is 5.34. The van der Waals surface area contributed by atoms with Crippen LogP contribution in [-0.4, -0.2) is 18.9 Å². The largest absolute Gasteiger partial charge is 0.469 e. The lowest BCUT2D eigenvalue weighted by Crippen LogP contribution is -2.12. The number of Topliss-reactive ketones (excluding diaryl/α,β-unsaturated/α-hetero) is 1. The number of benzene rings is 1. The normalized spacial score (nSPS) is 9.94. The fourth-order valence-corrected chi connectivity index (χ4v) is 1.17. The van der Waals surface area contributed by atoms with Gasteiger partial charge in [-0.15, -0.1) is 0 Å². The Hall–Kier alpha value is -1.78. The van der Waals surface area contributed by atoms with E-state index in [0.717, 1.165) is 13.2 Å². The Morgan fingerprint density at radius 3 is 2.56 bits per heavy atom. The second-order valence-electron chi connectivity index (χ2n) is 3.20. The van der Waals surface area contributed by atoms with E-state index in [-0.39, 0.29) is 12.0 Å². The average Bonchev–Trinajstić information content (AvgIpc) is 2.22. The van der Waals surface area contributed by atoms with Crippen molar-refractivity contribution in [1.29, 1.82) is 0 Å². The number of halogens is 2. The zero-order valence-electron chi connectivity index (χ0n) is 8.63. The first-order valence-electron chi connectivity index (χ1n) is 4.55. The third-order valence-corrected chi connectivity index (χ3v) is 1.97. The maximum Gasteiger partial charge on any atom is 0.313 e. The first-order chi connectivity index (χ1) is 7.52. The van der Waals surface area contributed by atoms with E-state index in [2.05, 4.69) is 4.74 Å². The molecule has 1 rings (SSSR count). The minimum absolute atomic E-state index is 0.0651. The predicted molar refractivity (Wildman–Crippen MR) is 51.7 cm³/mol. The molecule has 0 bridgehead atoms. The lowest BCUT2D eigenvalue weighted by atomic mass is 10.1. The van der Waals surface area contributed by atoms with Gasteiger partial charge in [-0.05, 0) is 11.6 Å². The van der Waals surface area contributed by atoms with Crippen LogP contribution in [0.4, 0.5) is 8.78 Å². The molecular formula is C11H10F2O3. The van der Waals surface area contributed by atoms with Crippen LogP contribution in [0.3, 0.4) is 0 Å². The van der Waals surface area contributed by atoms with Gasteiger partial charge in [0.1, 0.15) is 23.8 Å². The summed E-state index contributed by atoms with van der Waals surface area (Å²) >= 11 is 0. The van der Waals surface area contributed by atoms with E-state index >= 15 is 0 Å². The average molecular weight is 228 g/mol. The van der Waals surface area contributed by atoms with Crippen molar-refractivity contribution >= 4 is 11.8 Å². The van der Waals surface area contributed by atoms with Crippen molar-refractivity contribution in [2.75, 3.05) is 7.11 Å². The topological polar surface area (TPSA) is 43.4 Å². The van der Waals surface area contributed by atoms with Crippen LogP contribution in [0.25, 0.3) is 0 Å². The number of carbonyl (C=O) groups excluding carboxylic acids is 2. The summed E-state index contributed by atoms with van der Waals surface area (Å²) in [7, 11) is 1.16. The summed E-state index contributed by atoms with van der Waals surface area (Å²) in [6, 6.07) is 2.93. The molecule has 1 aromatic carbocycles. The number of ether oxygens (including phenoxy) is 1. The van der Waals surface area contributed by atoms with Gasteiger partial charge in [-0.25, -0.2) is 8.78 Å². The Balaban J connectivity index is 2.66. The van der Waals surface area contributed by atoms with E-state index in [1.165, 1.54) is 6.07 Å². The van der Waals surface area contributed by atoms with Gasteiger partial charge in [0.25, 0.3) is 0 Å². The Kier molecular flexibility index (Phi) is 4.10. The number of hydrogen-bond acceptors (Lipinski definition) is 3. The summed E-state index contributed by atoms with van der Waals surface area (Å²) in [5.74, 6) is -2.65. The van der Waals surface area contributed by atoms with Crippen LogP contribution in [0.2, 0.25) is 0 Å². The number of ketones is 1. The predicted octanol–water partition coefficient (Wildman–Crippen LogP) is 1.64. The number of hydrogen-bond donors (Lipinski definition) is 0. The van der Waals surface area contributed by atoms with Gasteiger partial charge in [0.2, 0.25) is 0 Å². The molecule has 5 heteroatoms. The first-order valence-corrected chi connectivity index (χ1v) is 4.55. The van der Waals surface area contributed by atoms with Gasteiger partial charge in [-0.1, -0.05) is 6.07 Å². The van der Waals surface area contributed by atoms with E-state index in [0.29, 0.717) is 6.07 Å². The third kappa shape index (κ3) is 3.42. The molecule has 0 aliphatic rings. The van der Waals surface area contributed by atoms with Gasteiger partial charge in [-0.3, -0.25) is 9.59 Å². The monoisotopic (exact) mass is 228 g/mol. The van der Waals surface area contributed by atoms with Gasteiger partial charge >= 0.3 is 5.97 Å². The molecule has 0 radical (unpaired) electrons. The van der Waals surface area contributed by atoms with E-state index in [9.17, 15) is 18.4 Å². The van der Waals surface area contributed by atoms with Crippen LogP contribution >= 0.6 is 0 Å². The second-order valence-corrected chi connectivity index (χ2v) is 3.20. The highest BCUT2D eigenvalue weighted by atomic mass is 19.1. The SMILES string of the molecule is COC(=O)CC(=O)Cc1ccc(F)cc1F. The van der Waals surface area contributed by atoms with Crippen molar-refractivity contribution in [3.05, 3.63) is 35.4 Å². The summed E-state index contributed by atoms with van der Waals surface area (Å²) in [6.07, 6.45) is -0.658. The molecule has 0 spiro atoms. The standard InChI is InChI=1S/C11H10F2O3/c1-16-11(15)6-9(14)4-7-2-3-8(12)5-10(7)13/h2-3,5H,4,6H2,1H3. The quantitative estimate of drug-likeness (QED) is 0.581. The molecule has 86 valence electrons. The summed E-state index contributed by atoms with van der Waals surface area (Å²) < 4.78 is 30.0. The van der Waals surface area contributed by atoms with E-state index in [1.807, 2.05) is 0 Å². The number of rotatable bonds is 4. The Bertz CT molecular complexity index is 416. The van der Waals surface area contributed by atoms with Crippen LogP contribution in [0.1, 0.15) is 12.0 Å². The highest BCUT2D eigenvalue weighted by Crippen LogP contribution is 2.11. The van der Waals surface area contributed by atoms with Gasteiger partial charge in [0.05, 0.1) is 7.11 Å². The fraction of sp³-hybridized carbons (Fsp3) is 0.273. The lowest BCUT2D eigenvalue weighted by molar-refractivity contribution is -0.143. The van der Waals surface area contributed by atoms with Crippen molar-refractivity contribution in [1.82, 2.24) is 0 Å². The minimum atomic E-state index is -0.793. The van der Waals surface area contributed by atoms with E-state index < -0.39 is 29.8 Å². The van der Waals surface area contributed by atoms with Gasteiger partial charge < -0.3 is 4.74 Å². The van der Waals surface area contributed by atoms with Crippen molar-refractivity contribution in [2.45, 2.75) is 12.8 Å². The molecule has 16 heavy (non-hydrogen) atoms. The van der Waals surface area contributed by atoms with Crippen molar-refractivity contribution in [2.24, 2.45) is 0 Å². The lowest BCUT2D eigenvalue weighted by Gasteiger charge is -2.02. The molecule has 0 saturated carbocycles. The maximum absolute atomic E-state index is 13.1. The molecule has 0 aliphatic heterocycles. The minimum Gasteiger partial charge on any atom is -0.469 e. The molecule has 1 aromatic rings. The molecule has 3 nitrogen and oxygen atoms in total. The number of carbonyl (C=O) groups is 2. The highest BCUT2D eigenvalue weighted by molar-refractivity contribution is 5.96. The molecule has 0 fully saturated rings. The van der Waals surface area contributed by atoms with Gasteiger partial charge in [-0.2, -0.15) is 0 Å². The van der Waals surface area contributed by atoms with Crippen molar-refractivity contribution in [3.8, 4) is 0 Å². The van der Waals surface area contributed by atoms with E-state index in [1.54, 1.807) is 0 Å². The van der Waals surface area contributed by atoms with Crippen LogP contribution in [-0.2, 0) is 20.7 Å². The van der Waals surface area contributed by atoms with Gasteiger partial charge in [0, 0.05) is 12.5 Å². The van der Waals surface area contributed by atoms with E-state index in [4.69, 9.17) is 0 Å². The molecule has 0 saturated heterocycles. The highest BCUT2D eigenvalue weighted by Gasteiger charge is 2.13. The molecule has 0 heterocycles. The smallest absolute Gasteiger partial charge is 0.313 e. The molecule has 0 aliphatic carbocycles. The van der Waals surface area contributed by atoms with Gasteiger partial charge in [0.15, 0.2) is 0 Å². The Morgan fingerprint density at radius 1 is 1.31 bits per heavy atom. The maximum atomic E-state index is 13.1. The molecule has 0 aromatic heterocycles. The molecule has 0 amide bonds. The van der Waals surface area contributed by atoms with Crippen LogP contribution in [0, 0.1) is 11.6 Å². The number of methoxy groups -OCH3 is 1. The zero-order chi connectivity index (χ0) is 12.1. The Morgan fingerprint density at radius 2 is 2.00 bits per heavy atom. The summed E-state index contributed by atoms with van der Waals surface area (Å²) in [6.45, 7) is 0. The first kappa shape index (κ1) is 12.3. The fourth-order valence-electron chi connectivity index (χ4n) is 1.17. The summed E-state index contributed by atoms with van der Waals surface area (Å²) in [4.78, 5) is 22.0. The molecular weight excluding hydrogens is 218 g/mol. The third-order valence-electron chi connectivity index (χ3n) is 1.97. The molecule has 0 N–H and O–H groups in total. The van der Waals surface area contributed by atoms with Crippen molar-refractivity contribution in [3.63, 3.8) is 0 Å². The van der Waals surface area contributed by atoms with Crippen LogP contribution in [0.15, 0.2) is 18.2 Å². The molecule has 0 atom stereocenters. The molecule has 0 unspecified atom stereocenters. The Labute approximate surface area is 91.0 Å². The van der Waals surface area contributed by atoms with Crippen molar-refractivity contribution < 1.29 is 23.1 Å². The zero-order valence-corrected chi connectivity index (χ0v) is 8.63. The van der Waals surface area contributed by atoms with Crippen LogP contribution < -0.4 is 0 Å². The summed E-state index contributed by atoms with van der Waals surface area (Å²) in [5, 5.41) is 0. The van der Waals surface area contributed by atoms with Crippen LogP contribution in [0.5, 0.6) is 0 Å². The summed E-state index contributed by atoms with van der Waals surface area (Å²) in [5.41, 5.74) is 0.0651.